The Kier molecular flexibility index (Phi) is 5.54. The van der Waals surface area contributed by atoms with Gasteiger partial charge in [-0.25, -0.2) is 0 Å². The van der Waals surface area contributed by atoms with Crippen LogP contribution in [0.15, 0.2) is 24.3 Å². The molecule has 0 saturated heterocycles. The van der Waals surface area contributed by atoms with E-state index in [-0.39, 0.29) is 0 Å². The summed E-state index contributed by atoms with van der Waals surface area (Å²) in [6.45, 7) is 3.90. The Morgan fingerprint density at radius 3 is 2.88 bits per heavy atom. The number of nitriles is 1. The molecular formula is C14H20N2S. The van der Waals surface area contributed by atoms with Gasteiger partial charge < -0.3 is 5.73 Å². The molecule has 1 rings (SSSR count). The van der Waals surface area contributed by atoms with Crippen molar-refractivity contribution in [3.8, 4) is 6.07 Å². The van der Waals surface area contributed by atoms with Crippen molar-refractivity contribution in [2.75, 3.05) is 5.75 Å². The molecule has 92 valence electrons. The number of aryl methyl sites for hydroxylation is 1. The Bertz CT molecular complexity index is 393. The molecule has 1 aromatic carbocycles. The van der Waals surface area contributed by atoms with E-state index in [9.17, 15) is 0 Å². The summed E-state index contributed by atoms with van der Waals surface area (Å²) in [7, 11) is 0. The molecule has 0 aliphatic carbocycles. The van der Waals surface area contributed by atoms with Gasteiger partial charge in [-0.05, 0) is 38.0 Å². The highest BCUT2D eigenvalue weighted by atomic mass is 32.2. The fourth-order valence-corrected chi connectivity index (χ4v) is 2.50. The SMILES string of the molecule is Cc1cccc(CSCCCC(C)(N)C#N)c1. The van der Waals surface area contributed by atoms with Crippen molar-refractivity contribution in [3.05, 3.63) is 35.4 Å². The molecule has 0 spiro atoms. The Hall–Kier alpha value is -0.980. The van der Waals surface area contributed by atoms with Crippen molar-refractivity contribution in [1.29, 1.82) is 5.26 Å². The first kappa shape index (κ1) is 14.1. The average molecular weight is 248 g/mol. The molecule has 0 aliphatic heterocycles. The normalized spacial score (nSPS) is 14.0. The van der Waals surface area contributed by atoms with E-state index in [1.54, 1.807) is 6.92 Å². The van der Waals surface area contributed by atoms with Gasteiger partial charge in [0.05, 0.1) is 6.07 Å². The second-order valence-electron chi connectivity index (χ2n) is 4.67. The maximum absolute atomic E-state index is 8.78. The van der Waals surface area contributed by atoms with Crippen LogP contribution >= 0.6 is 11.8 Å². The predicted octanol–water partition coefficient (Wildman–Crippen LogP) is 3.25. The first-order valence-corrected chi connectivity index (χ1v) is 7.02. The zero-order chi connectivity index (χ0) is 12.7. The summed E-state index contributed by atoms with van der Waals surface area (Å²) in [5, 5.41) is 8.78. The Morgan fingerprint density at radius 1 is 1.47 bits per heavy atom. The molecule has 1 atom stereocenters. The molecule has 0 amide bonds. The molecule has 0 bridgehead atoms. The Morgan fingerprint density at radius 2 is 2.24 bits per heavy atom. The van der Waals surface area contributed by atoms with Gasteiger partial charge in [0.15, 0.2) is 0 Å². The largest absolute Gasteiger partial charge is 0.314 e. The summed E-state index contributed by atoms with van der Waals surface area (Å²) >= 11 is 1.90. The van der Waals surface area contributed by atoms with E-state index in [2.05, 4.69) is 37.3 Å². The second-order valence-corrected chi connectivity index (χ2v) is 5.78. The fraction of sp³-hybridized carbons (Fsp3) is 0.500. The number of rotatable bonds is 6. The zero-order valence-electron chi connectivity index (χ0n) is 10.6. The number of benzene rings is 1. The van der Waals surface area contributed by atoms with Crippen molar-refractivity contribution < 1.29 is 0 Å². The van der Waals surface area contributed by atoms with Gasteiger partial charge in [0.1, 0.15) is 5.54 Å². The van der Waals surface area contributed by atoms with Crippen LogP contribution < -0.4 is 5.73 Å². The number of nitrogens with zero attached hydrogens (tertiary/aromatic N) is 1. The third-order valence-corrected chi connectivity index (χ3v) is 3.71. The summed E-state index contributed by atoms with van der Waals surface area (Å²) in [6.07, 6.45) is 1.77. The first-order valence-electron chi connectivity index (χ1n) is 5.87. The number of hydrogen-bond donors (Lipinski definition) is 1. The highest BCUT2D eigenvalue weighted by Crippen LogP contribution is 2.17. The lowest BCUT2D eigenvalue weighted by atomic mass is 10.0. The van der Waals surface area contributed by atoms with Crippen molar-refractivity contribution in [2.24, 2.45) is 5.73 Å². The van der Waals surface area contributed by atoms with Crippen LogP contribution in [-0.4, -0.2) is 11.3 Å². The lowest BCUT2D eigenvalue weighted by molar-refractivity contribution is 0.540. The van der Waals surface area contributed by atoms with Gasteiger partial charge in [-0.2, -0.15) is 17.0 Å². The van der Waals surface area contributed by atoms with Crippen LogP contribution in [0.1, 0.15) is 30.9 Å². The predicted molar refractivity (Wildman–Crippen MR) is 74.8 cm³/mol. The van der Waals surface area contributed by atoms with Crippen molar-refractivity contribution in [1.82, 2.24) is 0 Å². The molecule has 0 saturated carbocycles. The molecule has 2 nitrogen and oxygen atoms in total. The highest BCUT2D eigenvalue weighted by Gasteiger charge is 2.15. The highest BCUT2D eigenvalue weighted by molar-refractivity contribution is 7.98. The summed E-state index contributed by atoms with van der Waals surface area (Å²) < 4.78 is 0. The van der Waals surface area contributed by atoms with E-state index < -0.39 is 5.54 Å². The minimum atomic E-state index is -0.663. The average Bonchev–Trinajstić information content (AvgIpc) is 2.29. The van der Waals surface area contributed by atoms with E-state index >= 15 is 0 Å². The van der Waals surface area contributed by atoms with Gasteiger partial charge >= 0.3 is 0 Å². The molecule has 17 heavy (non-hydrogen) atoms. The zero-order valence-corrected chi connectivity index (χ0v) is 11.4. The van der Waals surface area contributed by atoms with Crippen LogP contribution in [0, 0.1) is 18.3 Å². The summed E-state index contributed by atoms with van der Waals surface area (Å²) in [4.78, 5) is 0. The minimum Gasteiger partial charge on any atom is -0.314 e. The number of nitrogens with two attached hydrogens (primary N) is 1. The van der Waals surface area contributed by atoms with Gasteiger partial charge in [0.2, 0.25) is 0 Å². The summed E-state index contributed by atoms with van der Waals surface area (Å²) in [6, 6.07) is 10.7. The summed E-state index contributed by atoms with van der Waals surface area (Å²) in [5.41, 5.74) is 7.77. The van der Waals surface area contributed by atoms with Crippen LogP contribution in [0.4, 0.5) is 0 Å². The van der Waals surface area contributed by atoms with Crippen LogP contribution in [0.2, 0.25) is 0 Å². The van der Waals surface area contributed by atoms with Crippen molar-refractivity contribution >= 4 is 11.8 Å². The van der Waals surface area contributed by atoms with E-state index in [4.69, 9.17) is 11.0 Å². The molecule has 3 heteroatoms. The molecule has 1 unspecified atom stereocenters. The van der Waals surface area contributed by atoms with Gasteiger partial charge in [0.25, 0.3) is 0 Å². The summed E-state index contributed by atoms with van der Waals surface area (Å²) in [5.74, 6) is 2.10. The Labute approximate surface area is 108 Å². The maximum atomic E-state index is 8.78. The monoisotopic (exact) mass is 248 g/mol. The second kappa shape index (κ2) is 6.68. The molecular weight excluding hydrogens is 228 g/mol. The first-order chi connectivity index (χ1) is 8.03. The molecule has 0 fully saturated rings. The smallest absolute Gasteiger partial charge is 0.101 e. The van der Waals surface area contributed by atoms with Gasteiger partial charge in [-0.3, -0.25) is 0 Å². The molecule has 2 N–H and O–H groups in total. The van der Waals surface area contributed by atoms with E-state index in [0.29, 0.717) is 0 Å². The molecule has 0 aliphatic rings. The van der Waals surface area contributed by atoms with E-state index in [1.165, 1.54) is 11.1 Å². The Balaban J connectivity index is 2.19. The van der Waals surface area contributed by atoms with Crippen LogP contribution in [-0.2, 0) is 5.75 Å². The number of hydrogen-bond acceptors (Lipinski definition) is 3. The van der Waals surface area contributed by atoms with E-state index in [1.807, 2.05) is 11.8 Å². The van der Waals surface area contributed by atoms with E-state index in [0.717, 1.165) is 24.3 Å². The van der Waals surface area contributed by atoms with Gasteiger partial charge in [-0.15, -0.1) is 0 Å². The van der Waals surface area contributed by atoms with Gasteiger partial charge in [0, 0.05) is 5.75 Å². The molecule has 0 heterocycles. The lowest BCUT2D eigenvalue weighted by Crippen LogP contribution is -2.33. The van der Waals surface area contributed by atoms with Crippen molar-refractivity contribution in [3.63, 3.8) is 0 Å². The number of thioether (sulfide) groups is 1. The quantitative estimate of drug-likeness (QED) is 0.786. The maximum Gasteiger partial charge on any atom is 0.101 e. The fourth-order valence-electron chi connectivity index (χ4n) is 1.59. The minimum absolute atomic E-state index is 0.663. The topological polar surface area (TPSA) is 49.8 Å². The van der Waals surface area contributed by atoms with Gasteiger partial charge in [-0.1, -0.05) is 29.8 Å². The van der Waals surface area contributed by atoms with Crippen molar-refractivity contribution in [2.45, 2.75) is 38.0 Å². The van der Waals surface area contributed by atoms with Crippen LogP contribution in [0.3, 0.4) is 0 Å². The standard InChI is InChI=1S/C14H20N2S/c1-12-5-3-6-13(9-12)10-17-8-4-7-14(2,16)11-15/h3,5-6,9H,4,7-8,10,16H2,1-2H3. The van der Waals surface area contributed by atoms with Crippen LogP contribution in [0.5, 0.6) is 0 Å². The third-order valence-electron chi connectivity index (χ3n) is 2.59. The molecule has 0 radical (unpaired) electrons. The lowest BCUT2D eigenvalue weighted by Gasteiger charge is -2.14. The van der Waals surface area contributed by atoms with Crippen LogP contribution in [0.25, 0.3) is 0 Å². The molecule has 1 aromatic rings. The molecule has 0 aromatic heterocycles. The third kappa shape index (κ3) is 5.76.